The number of aryl methyl sites for hydroxylation is 1. The van der Waals surface area contributed by atoms with Crippen molar-refractivity contribution in [2.75, 3.05) is 19.4 Å². The van der Waals surface area contributed by atoms with E-state index in [-0.39, 0.29) is 23.7 Å². The lowest BCUT2D eigenvalue weighted by molar-refractivity contribution is -0.385. The third-order valence-corrected chi connectivity index (χ3v) is 3.93. The second-order valence-corrected chi connectivity index (χ2v) is 6.05. The molecule has 8 heteroatoms. The highest BCUT2D eigenvalue weighted by atomic mass is 16.6. The Hall–Kier alpha value is -3.42. The van der Waals surface area contributed by atoms with Crippen molar-refractivity contribution in [3.8, 4) is 0 Å². The van der Waals surface area contributed by atoms with Crippen molar-refractivity contribution in [2.24, 2.45) is 5.73 Å². The van der Waals surface area contributed by atoms with E-state index in [9.17, 15) is 19.7 Å². The van der Waals surface area contributed by atoms with Gasteiger partial charge >= 0.3 is 0 Å². The smallest absolute Gasteiger partial charge is 0.275 e. The van der Waals surface area contributed by atoms with Crippen molar-refractivity contribution in [3.63, 3.8) is 0 Å². The molecule has 0 atom stereocenters. The molecule has 8 nitrogen and oxygen atoms in total. The molecule has 0 heterocycles. The number of carbonyl (C=O) groups is 2. The van der Waals surface area contributed by atoms with E-state index < -0.39 is 10.8 Å². The molecule has 0 spiro atoms. The van der Waals surface area contributed by atoms with E-state index in [0.29, 0.717) is 16.8 Å². The third kappa shape index (κ3) is 4.15. The van der Waals surface area contributed by atoms with Gasteiger partial charge in [-0.25, -0.2) is 0 Å². The summed E-state index contributed by atoms with van der Waals surface area (Å²) in [6.07, 6.45) is 0. The Morgan fingerprint density at radius 2 is 1.81 bits per heavy atom. The first kappa shape index (κ1) is 18.9. The van der Waals surface area contributed by atoms with Crippen LogP contribution in [0.1, 0.15) is 31.8 Å². The highest BCUT2D eigenvalue weighted by Crippen LogP contribution is 2.23. The third-order valence-electron chi connectivity index (χ3n) is 3.93. The topological polar surface area (TPSA) is 119 Å². The van der Waals surface area contributed by atoms with Crippen LogP contribution in [0.25, 0.3) is 0 Å². The quantitative estimate of drug-likeness (QED) is 0.608. The average Bonchev–Trinajstić information content (AvgIpc) is 2.59. The lowest BCUT2D eigenvalue weighted by Gasteiger charge is -2.14. The van der Waals surface area contributed by atoms with Crippen LogP contribution in [0.15, 0.2) is 36.4 Å². The normalized spacial score (nSPS) is 10.3. The van der Waals surface area contributed by atoms with Gasteiger partial charge in [0.05, 0.1) is 4.92 Å². The zero-order valence-corrected chi connectivity index (χ0v) is 14.8. The minimum absolute atomic E-state index is 0.0789. The molecule has 0 aliphatic carbocycles. The summed E-state index contributed by atoms with van der Waals surface area (Å²) in [4.78, 5) is 35.5. The molecule has 136 valence electrons. The Kier molecular flexibility index (Phi) is 5.56. The number of carbonyl (C=O) groups excluding carboxylic acids is 2. The number of anilines is 1. The number of amides is 2. The van der Waals surface area contributed by atoms with Crippen LogP contribution in [0.5, 0.6) is 0 Å². The molecule has 0 fully saturated rings. The zero-order valence-electron chi connectivity index (χ0n) is 14.8. The van der Waals surface area contributed by atoms with Gasteiger partial charge in [-0.15, -0.1) is 0 Å². The molecule has 0 radical (unpaired) electrons. The van der Waals surface area contributed by atoms with Gasteiger partial charge in [0.15, 0.2) is 0 Å². The first-order chi connectivity index (χ1) is 12.2. The van der Waals surface area contributed by atoms with Gasteiger partial charge in [-0.1, -0.05) is 6.07 Å². The van der Waals surface area contributed by atoms with E-state index in [4.69, 9.17) is 5.73 Å². The molecule has 2 aromatic carbocycles. The van der Waals surface area contributed by atoms with Crippen LogP contribution < -0.4 is 11.1 Å². The van der Waals surface area contributed by atoms with E-state index in [1.165, 1.54) is 17.0 Å². The second kappa shape index (κ2) is 7.64. The maximum Gasteiger partial charge on any atom is 0.275 e. The zero-order chi connectivity index (χ0) is 19.4. The van der Waals surface area contributed by atoms with Crippen LogP contribution in [-0.4, -0.2) is 35.7 Å². The number of primary amides is 1. The van der Waals surface area contributed by atoms with Crippen LogP contribution >= 0.6 is 0 Å². The standard InChI is InChI=1S/C18H20N4O4/c1-11-4-5-13(18(24)21(2)3)8-15(11)20-10-14-7-6-12(17(19)23)9-16(14)22(25)26/h4-9,20H,10H2,1-3H3,(H2,19,23). The summed E-state index contributed by atoms with van der Waals surface area (Å²) in [6.45, 7) is 2.03. The van der Waals surface area contributed by atoms with E-state index in [2.05, 4.69) is 5.32 Å². The van der Waals surface area contributed by atoms with Crippen LogP contribution in [0.4, 0.5) is 11.4 Å². The number of nitrogens with zero attached hydrogens (tertiary/aromatic N) is 2. The maximum absolute atomic E-state index is 12.1. The molecule has 0 saturated carbocycles. The second-order valence-electron chi connectivity index (χ2n) is 6.05. The monoisotopic (exact) mass is 356 g/mol. The molecule has 2 rings (SSSR count). The lowest BCUT2D eigenvalue weighted by Crippen LogP contribution is -2.21. The Bertz CT molecular complexity index is 877. The summed E-state index contributed by atoms with van der Waals surface area (Å²) in [5.74, 6) is -0.858. The molecule has 0 aliphatic rings. The Labute approximate surface area is 150 Å². The summed E-state index contributed by atoms with van der Waals surface area (Å²) < 4.78 is 0. The number of nitrogens with two attached hydrogens (primary N) is 1. The lowest BCUT2D eigenvalue weighted by atomic mass is 10.1. The predicted molar refractivity (Wildman–Crippen MR) is 98.1 cm³/mol. The first-order valence-electron chi connectivity index (χ1n) is 7.84. The fourth-order valence-corrected chi connectivity index (χ4v) is 2.43. The van der Waals surface area contributed by atoms with E-state index in [0.717, 1.165) is 11.6 Å². The van der Waals surface area contributed by atoms with Crippen molar-refractivity contribution >= 4 is 23.2 Å². The highest BCUT2D eigenvalue weighted by Gasteiger charge is 2.17. The van der Waals surface area contributed by atoms with Crippen LogP contribution in [-0.2, 0) is 6.54 Å². The highest BCUT2D eigenvalue weighted by molar-refractivity contribution is 5.95. The molecule has 0 aromatic heterocycles. The van der Waals surface area contributed by atoms with Crippen molar-refractivity contribution in [1.82, 2.24) is 4.90 Å². The number of rotatable bonds is 6. The van der Waals surface area contributed by atoms with Gasteiger partial charge in [-0.3, -0.25) is 19.7 Å². The molecule has 2 aromatic rings. The minimum Gasteiger partial charge on any atom is -0.380 e. The number of benzene rings is 2. The Balaban J connectivity index is 2.28. The van der Waals surface area contributed by atoms with Gasteiger partial charge in [0, 0.05) is 49.1 Å². The van der Waals surface area contributed by atoms with Crippen LogP contribution in [0, 0.1) is 17.0 Å². The number of hydrogen-bond donors (Lipinski definition) is 2. The molecule has 0 saturated heterocycles. The summed E-state index contributed by atoms with van der Waals surface area (Å²) in [7, 11) is 3.33. The molecule has 2 amide bonds. The minimum atomic E-state index is -0.724. The van der Waals surface area contributed by atoms with Crippen molar-refractivity contribution in [1.29, 1.82) is 0 Å². The largest absolute Gasteiger partial charge is 0.380 e. The predicted octanol–water partition coefficient (Wildman–Crippen LogP) is 2.32. The average molecular weight is 356 g/mol. The number of hydrogen-bond acceptors (Lipinski definition) is 5. The van der Waals surface area contributed by atoms with Gasteiger partial charge in [-0.05, 0) is 36.8 Å². The summed E-state index contributed by atoms with van der Waals surface area (Å²) in [5, 5.41) is 14.4. The molecular formula is C18H20N4O4. The van der Waals surface area contributed by atoms with Crippen molar-refractivity contribution in [3.05, 3.63) is 68.8 Å². The fourth-order valence-electron chi connectivity index (χ4n) is 2.43. The number of nitrogens with one attached hydrogen (secondary N) is 1. The molecule has 0 unspecified atom stereocenters. The Morgan fingerprint density at radius 1 is 1.15 bits per heavy atom. The molecule has 26 heavy (non-hydrogen) atoms. The van der Waals surface area contributed by atoms with E-state index in [1.807, 2.05) is 13.0 Å². The van der Waals surface area contributed by atoms with Crippen LogP contribution in [0.2, 0.25) is 0 Å². The van der Waals surface area contributed by atoms with E-state index >= 15 is 0 Å². The fraction of sp³-hybridized carbons (Fsp3) is 0.222. The maximum atomic E-state index is 12.1. The first-order valence-corrected chi connectivity index (χ1v) is 7.84. The number of nitro groups is 1. The molecule has 0 bridgehead atoms. The molecule has 0 aliphatic heterocycles. The summed E-state index contributed by atoms with van der Waals surface area (Å²) in [6, 6.07) is 9.36. The van der Waals surface area contributed by atoms with Crippen molar-refractivity contribution in [2.45, 2.75) is 13.5 Å². The van der Waals surface area contributed by atoms with Crippen LogP contribution in [0.3, 0.4) is 0 Å². The molecular weight excluding hydrogens is 336 g/mol. The van der Waals surface area contributed by atoms with E-state index in [1.54, 1.807) is 26.2 Å². The number of nitro benzene ring substituents is 1. The van der Waals surface area contributed by atoms with Gasteiger partial charge in [0.2, 0.25) is 5.91 Å². The summed E-state index contributed by atoms with van der Waals surface area (Å²) in [5.41, 5.74) is 7.59. The van der Waals surface area contributed by atoms with Gasteiger partial charge in [0.1, 0.15) is 0 Å². The summed E-state index contributed by atoms with van der Waals surface area (Å²) >= 11 is 0. The van der Waals surface area contributed by atoms with Gasteiger partial charge < -0.3 is 16.0 Å². The van der Waals surface area contributed by atoms with Crippen molar-refractivity contribution < 1.29 is 14.5 Å². The SMILES string of the molecule is Cc1ccc(C(=O)N(C)C)cc1NCc1ccc(C(N)=O)cc1[N+](=O)[O-]. The van der Waals surface area contributed by atoms with Gasteiger partial charge in [-0.2, -0.15) is 0 Å². The Morgan fingerprint density at radius 3 is 2.38 bits per heavy atom. The molecule has 3 N–H and O–H groups in total. The van der Waals surface area contributed by atoms with Gasteiger partial charge in [0.25, 0.3) is 11.6 Å².